The van der Waals surface area contributed by atoms with Gasteiger partial charge in [-0.25, -0.2) is 0 Å². The molecule has 0 unspecified atom stereocenters. The van der Waals surface area contributed by atoms with Gasteiger partial charge < -0.3 is 10.6 Å². The molecule has 0 aliphatic carbocycles. The Kier molecular flexibility index (Phi) is 5.23. The van der Waals surface area contributed by atoms with Crippen molar-refractivity contribution in [3.05, 3.63) is 65.2 Å². The highest BCUT2D eigenvalue weighted by molar-refractivity contribution is 6.39. The van der Waals surface area contributed by atoms with Gasteiger partial charge in [-0.2, -0.15) is 13.2 Å². The van der Waals surface area contributed by atoms with Gasteiger partial charge in [0.25, 0.3) is 0 Å². The van der Waals surface area contributed by atoms with Gasteiger partial charge in [-0.15, -0.1) is 0 Å². The number of hydrogen-bond donors (Lipinski definition) is 2. The summed E-state index contributed by atoms with van der Waals surface area (Å²) in [4.78, 5) is 23.5. The van der Waals surface area contributed by atoms with E-state index in [1.165, 1.54) is 6.07 Å². The van der Waals surface area contributed by atoms with E-state index in [1.54, 1.807) is 12.1 Å². The molecular weight excluding hydrogens is 321 g/mol. The van der Waals surface area contributed by atoms with Gasteiger partial charge in [0.05, 0.1) is 5.56 Å². The zero-order valence-corrected chi connectivity index (χ0v) is 12.8. The Hall–Kier alpha value is -2.83. The molecule has 4 nitrogen and oxygen atoms in total. The van der Waals surface area contributed by atoms with Crippen molar-refractivity contribution in [3.8, 4) is 0 Å². The molecule has 0 spiro atoms. The lowest BCUT2D eigenvalue weighted by Crippen LogP contribution is -2.35. The lowest BCUT2D eigenvalue weighted by molar-refractivity contribution is -0.137. The Bertz CT molecular complexity index is 740. The summed E-state index contributed by atoms with van der Waals surface area (Å²) < 4.78 is 37.8. The third kappa shape index (κ3) is 4.84. The molecule has 0 atom stereocenters. The van der Waals surface area contributed by atoms with E-state index in [0.29, 0.717) is 0 Å². The zero-order valence-electron chi connectivity index (χ0n) is 12.8. The first-order chi connectivity index (χ1) is 11.3. The van der Waals surface area contributed by atoms with E-state index in [9.17, 15) is 22.8 Å². The van der Waals surface area contributed by atoms with Gasteiger partial charge in [-0.3, -0.25) is 9.59 Å². The summed E-state index contributed by atoms with van der Waals surface area (Å²) in [6.07, 6.45) is -4.52. The number of hydrogen-bond acceptors (Lipinski definition) is 2. The normalized spacial score (nSPS) is 11.0. The summed E-state index contributed by atoms with van der Waals surface area (Å²) >= 11 is 0. The molecule has 0 bridgehead atoms. The Balaban J connectivity index is 1.94. The number of amides is 2. The van der Waals surface area contributed by atoms with Crippen molar-refractivity contribution >= 4 is 17.5 Å². The van der Waals surface area contributed by atoms with Crippen LogP contribution in [0.3, 0.4) is 0 Å². The summed E-state index contributed by atoms with van der Waals surface area (Å²) in [6.45, 7) is 2.07. The Morgan fingerprint density at radius 3 is 2.29 bits per heavy atom. The van der Waals surface area contributed by atoms with Crippen molar-refractivity contribution < 1.29 is 22.8 Å². The molecule has 0 aromatic heterocycles. The van der Waals surface area contributed by atoms with Crippen LogP contribution < -0.4 is 10.6 Å². The molecule has 2 rings (SSSR count). The van der Waals surface area contributed by atoms with Crippen molar-refractivity contribution in [2.75, 3.05) is 5.32 Å². The van der Waals surface area contributed by atoms with Crippen LogP contribution in [0, 0.1) is 6.92 Å². The quantitative estimate of drug-likeness (QED) is 0.845. The van der Waals surface area contributed by atoms with Crippen LogP contribution in [-0.2, 0) is 22.3 Å². The van der Waals surface area contributed by atoms with Crippen LogP contribution in [0.5, 0.6) is 0 Å². The standard InChI is InChI=1S/C17H15F3N2O2/c1-11-5-7-12(8-6-11)10-21-15(23)16(24)22-14-4-2-3-13(9-14)17(18,19)20/h2-9H,10H2,1H3,(H,21,23)(H,22,24). The molecule has 2 N–H and O–H groups in total. The van der Waals surface area contributed by atoms with E-state index >= 15 is 0 Å². The average Bonchev–Trinajstić information content (AvgIpc) is 2.53. The zero-order chi connectivity index (χ0) is 17.7. The number of alkyl halides is 3. The maximum Gasteiger partial charge on any atom is 0.416 e. The van der Waals surface area contributed by atoms with Gasteiger partial charge in [-0.05, 0) is 30.7 Å². The van der Waals surface area contributed by atoms with Crippen LogP contribution in [0.2, 0.25) is 0 Å². The van der Waals surface area contributed by atoms with Crippen molar-refractivity contribution in [2.45, 2.75) is 19.6 Å². The summed E-state index contributed by atoms with van der Waals surface area (Å²) in [5.74, 6) is -1.95. The van der Waals surface area contributed by atoms with Crippen LogP contribution in [-0.4, -0.2) is 11.8 Å². The van der Waals surface area contributed by atoms with Gasteiger partial charge in [0, 0.05) is 12.2 Å². The molecule has 0 saturated carbocycles. The fraction of sp³-hybridized carbons (Fsp3) is 0.176. The maximum atomic E-state index is 12.6. The van der Waals surface area contributed by atoms with Gasteiger partial charge >= 0.3 is 18.0 Å². The number of rotatable bonds is 3. The van der Waals surface area contributed by atoms with E-state index in [0.717, 1.165) is 29.3 Å². The number of carbonyl (C=O) groups excluding carboxylic acids is 2. The van der Waals surface area contributed by atoms with Crippen LogP contribution in [0.1, 0.15) is 16.7 Å². The van der Waals surface area contributed by atoms with E-state index < -0.39 is 23.6 Å². The molecule has 24 heavy (non-hydrogen) atoms. The number of anilines is 1. The third-order valence-corrected chi connectivity index (χ3v) is 3.23. The summed E-state index contributed by atoms with van der Waals surface area (Å²) in [5, 5.41) is 4.56. The topological polar surface area (TPSA) is 58.2 Å². The first-order valence-electron chi connectivity index (χ1n) is 7.08. The van der Waals surface area contributed by atoms with E-state index in [-0.39, 0.29) is 12.2 Å². The lowest BCUT2D eigenvalue weighted by Gasteiger charge is -2.10. The molecule has 2 amide bonds. The molecule has 2 aromatic carbocycles. The first kappa shape index (κ1) is 17.5. The van der Waals surface area contributed by atoms with Crippen molar-refractivity contribution in [2.24, 2.45) is 0 Å². The third-order valence-electron chi connectivity index (χ3n) is 3.23. The van der Waals surface area contributed by atoms with E-state index in [1.807, 2.05) is 19.1 Å². The maximum absolute atomic E-state index is 12.6. The van der Waals surface area contributed by atoms with Crippen LogP contribution in [0.4, 0.5) is 18.9 Å². The molecule has 7 heteroatoms. The van der Waals surface area contributed by atoms with Gasteiger partial charge in [0.1, 0.15) is 0 Å². The molecular formula is C17H15F3N2O2. The predicted molar refractivity (Wildman–Crippen MR) is 83.1 cm³/mol. The molecule has 2 aromatic rings. The first-order valence-corrected chi connectivity index (χ1v) is 7.08. The Labute approximate surface area is 136 Å². The monoisotopic (exact) mass is 336 g/mol. The van der Waals surface area contributed by atoms with Crippen molar-refractivity contribution in [3.63, 3.8) is 0 Å². The Morgan fingerprint density at radius 2 is 1.67 bits per heavy atom. The van der Waals surface area contributed by atoms with Crippen LogP contribution in [0.25, 0.3) is 0 Å². The molecule has 0 heterocycles. The second kappa shape index (κ2) is 7.16. The second-order valence-electron chi connectivity index (χ2n) is 5.20. The van der Waals surface area contributed by atoms with Gasteiger partial charge in [0.15, 0.2) is 0 Å². The second-order valence-corrected chi connectivity index (χ2v) is 5.20. The van der Waals surface area contributed by atoms with E-state index in [4.69, 9.17) is 0 Å². The molecule has 0 radical (unpaired) electrons. The minimum absolute atomic E-state index is 0.0969. The minimum Gasteiger partial charge on any atom is -0.344 e. The largest absolute Gasteiger partial charge is 0.416 e. The molecule has 0 saturated heterocycles. The number of halogens is 3. The smallest absolute Gasteiger partial charge is 0.344 e. The molecule has 0 aliphatic heterocycles. The summed E-state index contributed by atoms with van der Waals surface area (Å²) in [5.41, 5.74) is 0.869. The predicted octanol–water partition coefficient (Wildman–Crippen LogP) is 3.27. The number of aryl methyl sites for hydroxylation is 1. The highest BCUT2D eigenvalue weighted by Gasteiger charge is 2.30. The fourth-order valence-corrected chi connectivity index (χ4v) is 1.93. The van der Waals surface area contributed by atoms with Crippen molar-refractivity contribution in [1.82, 2.24) is 5.32 Å². The minimum atomic E-state index is -4.52. The van der Waals surface area contributed by atoms with E-state index in [2.05, 4.69) is 10.6 Å². The fourth-order valence-electron chi connectivity index (χ4n) is 1.93. The van der Waals surface area contributed by atoms with Crippen molar-refractivity contribution in [1.29, 1.82) is 0 Å². The number of nitrogens with one attached hydrogen (secondary N) is 2. The van der Waals surface area contributed by atoms with Crippen LogP contribution in [0.15, 0.2) is 48.5 Å². The lowest BCUT2D eigenvalue weighted by atomic mass is 10.1. The van der Waals surface area contributed by atoms with Crippen LogP contribution >= 0.6 is 0 Å². The highest BCUT2D eigenvalue weighted by atomic mass is 19.4. The van der Waals surface area contributed by atoms with Gasteiger partial charge in [0.2, 0.25) is 0 Å². The van der Waals surface area contributed by atoms with Gasteiger partial charge in [-0.1, -0.05) is 35.9 Å². The molecule has 0 fully saturated rings. The Morgan fingerprint density at radius 1 is 1.00 bits per heavy atom. The molecule has 0 aliphatic rings. The summed E-state index contributed by atoms with van der Waals surface area (Å²) in [7, 11) is 0. The summed E-state index contributed by atoms with van der Waals surface area (Å²) in [6, 6.07) is 11.4. The molecule has 126 valence electrons. The average molecular weight is 336 g/mol. The SMILES string of the molecule is Cc1ccc(CNC(=O)C(=O)Nc2cccc(C(F)(F)F)c2)cc1. The number of carbonyl (C=O) groups is 2. The highest BCUT2D eigenvalue weighted by Crippen LogP contribution is 2.30. The number of benzene rings is 2.